The first-order valence-electron chi connectivity index (χ1n) is 11.9. The number of aromatic nitrogens is 4. The van der Waals surface area contributed by atoms with Crippen LogP contribution in [0, 0.1) is 11.3 Å². The number of aliphatic hydroxyl groups is 1. The van der Waals surface area contributed by atoms with Crippen LogP contribution in [0.25, 0.3) is 11.2 Å². The molecule has 3 rings (SSSR count). The minimum absolute atomic E-state index is 0.00241. The SMILES string of the molecule is CC(C)N(C(C)C)P(OCCC#N)OC1[C@@H](CO)O[C@@H](n2cnc3c(=O)[nH]c(N=CN(C)C)nc32)[C@H]1F. The van der Waals surface area contributed by atoms with Crippen LogP contribution in [0.1, 0.15) is 40.3 Å². The number of rotatable bonds is 12. The smallest absolute Gasteiger partial charge is 0.280 e. The summed E-state index contributed by atoms with van der Waals surface area (Å²) in [5.41, 5.74) is -0.455. The molecular weight excluding hydrogens is 506 g/mol. The second-order valence-electron chi connectivity index (χ2n) is 9.23. The summed E-state index contributed by atoms with van der Waals surface area (Å²) in [7, 11) is 1.74. The summed E-state index contributed by atoms with van der Waals surface area (Å²) in [5.74, 6) is 0.0202. The summed E-state index contributed by atoms with van der Waals surface area (Å²) in [6.45, 7) is 7.47. The van der Waals surface area contributed by atoms with Gasteiger partial charge in [0.2, 0.25) is 5.95 Å². The van der Waals surface area contributed by atoms with Crippen LogP contribution < -0.4 is 5.56 Å². The molecule has 0 bridgehead atoms. The van der Waals surface area contributed by atoms with E-state index < -0.39 is 45.3 Å². The van der Waals surface area contributed by atoms with Gasteiger partial charge < -0.3 is 23.8 Å². The monoisotopic (exact) mass is 540 g/mol. The topological polar surface area (TPSA) is 154 Å². The standard InChI is InChI=1S/C22H34FN8O5P/c1-13(2)31(14(3)4)37(34-9-7-8-24)36-18-15(10-32)35-21(16(18)23)30-12-25-17-19(30)27-22(28-20(17)33)26-11-29(5)6/h11-16,18,21,32H,7,9-10H2,1-6H3,(H,27,28,33)/t15-,16+,18?,21-,37?/m1/s1. The van der Waals surface area contributed by atoms with E-state index in [1.807, 2.05) is 38.4 Å². The number of imidazole rings is 1. The zero-order valence-corrected chi connectivity index (χ0v) is 22.7. The molecule has 1 aliphatic rings. The van der Waals surface area contributed by atoms with Gasteiger partial charge in [-0.2, -0.15) is 10.2 Å². The fraction of sp³-hybridized carbons (Fsp3) is 0.682. The highest BCUT2D eigenvalue weighted by Crippen LogP contribution is 2.50. The van der Waals surface area contributed by atoms with Gasteiger partial charge in [-0.15, -0.1) is 0 Å². The van der Waals surface area contributed by atoms with Crippen molar-refractivity contribution in [3.8, 4) is 6.07 Å². The lowest BCUT2D eigenvalue weighted by atomic mass is 10.1. The van der Waals surface area contributed by atoms with Crippen molar-refractivity contribution in [1.82, 2.24) is 29.1 Å². The van der Waals surface area contributed by atoms with Gasteiger partial charge >= 0.3 is 0 Å². The Hall–Kier alpha value is -2.53. The summed E-state index contributed by atoms with van der Waals surface area (Å²) in [6.07, 6.45) is -2.35. The van der Waals surface area contributed by atoms with Crippen LogP contribution in [-0.2, 0) is 13.8 Å². The van der Waals surface area contributed by atoms with Crippen LogP contribution in [0.3, 0.4) is 0 Å². The maximum absolute atomic E-state index is 16.0. The second kappa shape index (κ2) is 12.8. The number of alkyl halides is 1. The molecule has 3 heterocycles. The number of hydrogen-bond donors (Lipinski definition) is 2. The van der Waals surface area contributed by atoms with Crippen LogP contribution in [-0.4, -0.2) is 98.3 Å². The van der Waals surface area contributed by atoms with E-state index in [1.165, 1.54) is 17.2 Å². The van der Waals surface area contributed by atoms with E-state index in [0.29, 0.717) is 0 Å². The summed E-state index contributed by atoms with van der Waals surface area (Å²) in [4.78, 5) is 29.2. The van der Waals surface area contributed by atoms with E-state index in [9.17, 15) is 9.90 Å². The maximum atomic E-state index is 16.0. The van der Waals surface area contributed by atoms with E-state index in [2.05, 4.69) is 19.9 Å². The Morgan fingerprint density at radius 2 is 2.11 bits per heavy atom. The molecule has 2 aromatic heterocycles. The highest BCUT2D eigenvalue weighted by molar-refractivity contribution is 7.44. The molecule has 2 N–H and O–H groups in total. The Labute approximate surface area is 215 Å². The highest BCUT2D eigenvalue weighted by atomic mass is 31.2. The molecule has 2 aromatic rings. The van der Waals surface area contributed by atoms with Crippen molar-refractivity contribution in [2.75, 3.05) is 27.3 Å². The Kier molecular flexibility index (Phi) is 10.1. The van der Waals surface area contributed by atoms with Crippen molar-refractivity contribution in [2.45, 2.75) is 70.8 Å². The van der Waals surface area contributed by atoms with Crippen LogP contribution in [0.4, 0.5) is 10.3 Å². The zero-order chi connectivity index (χ0) is 27.3. The number of nitrogens with one attached hydrogen (secondary N) is 1. The molecular formula is C22H34FN8O5P. The Morgan fingerprint density at radius 1 is 1.41 bits per heavy atom. The van der Waals surface area contributed by atoms with Gasteiger partial charge in [-0.1, -0.05) is 0 Å². The molecule has 2 unspecified atom stereocenters. The Bertz CT molecular complexity index is 1160. The third-order valence-corrected chi connectivity index (χ3v) is 7.55. The molecule has 0 aliphatic carbocycles. The fourth-order valence-corrected chi connectivity index (χ4v) is 5.69. The van der Waals surface area contributed by atoms with Crippen molar-refractivity contribution in [3.63, 3.8) is 0 Å². The third kappa shape index (κ3) is 6.67. The Morgan fingerprint density at radius 3 is 2.70 bits per heavy atom. The fourth-order valence-electron chi connectivity index (χ4n) is 3.92. The molecule has 0 radical (unpaired) electrons. The normalized spacial score (nSPS) is 23.1. The first kappa shape index (κ1) is 29.0. The molecule has 1 saturated heterocycles. The van der Waals surface area contributed by atoms with E-state index in [1.54, 1.807) is 19.0 Å². The van der Waals surface area contributed by atoms with Crippen molar-refractivity contribution in [2.24, 2.45) is 4.99 Å². The Balaban J connectivity index is 1.93. The average molecular weight is 541 g/mol. The summed E-state index contributed by atoms with van der Waals surface area (Å²) < 4.78 is 37.1. The summed E-state index contributed by atoms with van der Waals surface area (Å²) >= 11 is 0. The second-order valence-corrected chi connectivity index (χ2v) is 10.6. The molecule has 204 valence electrons. The molecule has 0 saturated carbocycles. The minimum Gasteiger partial charge on any atom is -0.394 e. The third-order valence-electron chi connectivity index (χ3n) is 5.43. The first-order chi connectivity index (χ1) is 17.6. The van der Waals surface area contributed by atoms with Gasteiger partial charge in [-0.3, -0.25) is 14.3 Å². The largest absolute Gasteiger partial charge is 0.394 e. The van der Waals surface area contributed by atoms with E-state index in [4.69, 9.17) is 19.0 Å². The van der Waals surface area contributed by atoms with Gasteiger partial charge in [0.05, 0.1) is 38.4 Å². The van der Waals surface area contributed by atoms with E-state index in [-0.39, 0.29) is 42.2 Å². The van der Waals surface area contributed by atoms with Crippen molar-refractivity contribution in [1.29, 1.82) is 5.26 Å². The number of halogens is 1. The average Bonchev–Trinajstić information content (AvgIpc) is 3.38. The summed E-state index contributed by atoms with van der Waals surface area (Å²) in [5, 5.41) is 18.9. The first-order valence-corrected chi connectivity index (χ1v) is 13.0. The van der Waals surface area contributed by atoms with Crippen LogP contribution in [0.5, 0.6) is 0 Å². The maximum Gasteiger partial charge on any atom is 0.280 e. The van der Waals surface area contributed by atoms with Crippen molar-refractivity contribution >= 4 is 32.0 Å². The quantitative estimate of drug-likeness (QED) is 0.177. The van der Waals surface area contributed by atoms with Crippen molar-refractivity contribution in [3.05, 3.63) is 16.7 Å². The molecule has 37 heavy (non-hydrogen) atoms. The van der Waals surface area contributed by atoms with Crippen LogP contribution in [0.2, 0.25) is 0 Å². The van der Waals surface area contributed by atoms with E-state index in [0.717, 1.165) is 0 Å². The molecule has 1 fully saturated rings. The van der Waals surface area contributed by atoms with Gasteiger partial charge in [-0.05, 0) is 27.7 Å². The molecule has 15 heteroatoms. The van der Waals surface area contributed by atoms with Gasteiger partial charge in [-0.25, -0.2) is 19.0 Å². The molecule has 13 nitrogen and oxygen atoms in total. The predicted octanol–water partition coefficient (Wildman–Crippen LogP) is 2.23. The zero-order valence-electron chi connectivity index (χ0n) is 21.8. The number of aliphatic hydroxyl groups excluding tert-OH is 1. The number of nitrogens with zero attached hydrogens (tertiary/aromatic N) is 7. The van der Waals surface area contributed by atoms with Crippen LogP contribution >= 0.6 is 8.53 Å². The number of aromatic amines is 1. The van der Waals surface area contributed by atoms with Crippen LogP contribution in [0.15, 0.2) is 16.1 Å². The van der Waals surface area contributed by atoms with Gasteiger partial charge in [0.25, 0.3) is 14.1 Å². The molecule has 1 aliphatic heterocycles. The van der Waals surface area contributed by atoms with E-state index >= 15 is 4.39 Å². The molecule has 0 amide bonds. The minimum atomic E-state index is -1.79. The molecule has 0 spiro atoms. The van der Waals surface area contributed by atoms with Gasteiger partial charge in [0.15, 0.2) is 23.6 Å². The highest BCUT2D eigenvalue weighted by Gasteiger charge is 2.49. The predicted molar refractivity (Wildman–Crippen MR) is 136 cm³/mol. The number of aliphatic imine (C=N–C) groups is 1. The number of ether oxygens (including phenoxy) is 1. The number of nitriles is 1. The number of H-pyrrole nitrogens is 1. The lowest BCUT2D eigenvalue weighted by Crippen LogP contribution is -2.38. The van der Waals surface area contributed by atoms with Crippen molar-refractivity contribution < 1.29 is 23.3 Å². The summed E-state index contributed by atoms with van der Waals surface area (Å²) in [6, 6.07) is 2.04. The van der Waals surface area contributed by atoms with Gasteiger partial charge in [0, 0.05) is 26.2 Å². The molecule has 0 aromatic carbocycles. The number of fused-ring (bicyclic) bond motifs is 1. The molecule has 5 atom stereocenters. The number of hydrogen-bond acceptors (Lipinski definition) is 10. The lowest BCUT2D eigenvalue weighted by Gasteiger charge is -2.37. The lowest BCUT2D eigenvalue weighted by molar-refractivity contribution is -0.0445. The van der Waals surface area contributed by atoms with Gasteiger partial charge in [0.1, 0.15) is 12.2 Å².